The first-order valence-electron chi connectivity index (χ1n) is 5.39. The summed E-state index contributed by atoms with van der Waals surface area (Å²) in [6, 6.07) is 3.30. The molecule has 0 aliphatic carbocycles. The van der Waals surface area contributed by atoms with E-state index in [9.17, 15) is 4.79 Å². The van der Waals surface area contributed by atoms with E-state index in [4.69, 9.17) is 4.42 Å². The van der Waals surface area contributed by atoms with Crippen LogP contribution >= 0.6 is 0 Å². The molecule has 0 spiro atoms. The Balaban J connectivity index is 2.24. The van der Waals surface area contributed by atoms with Crippen molar-refractivity contribution in [2.45, 2.75) is 13.0 Å². The fourth-order valence-corrected chi connectivity index (χ4v) is 1.66. The van der Waals surface area contributed by atoms with Crippen molar-refractivity contribution >= 4 is 22.7 Å². The number of pyridine rings is 1. The van der Waals surface area contributed by atoms with Crippen LogP contribution in [0.2, 0.25) is 0 Å². The highest BCUT2D eigenvalue weighted by Gasteiger charge is 2.16. The maximum Gasteiger partial charge on any atom is 0.244 e. The van der Waals surface area contributed by atoms with Gasteiger partial charge in [-0.05, 0) is 19.1 Å². The first kappa shape index (κ1) is 11.4. The van der Waals surface area contributed by atoms with Crippen LogP contribution in [-0.2, 0) is 4.79 Å². The highest BCUT2D eigenvalue weighted by molar-refractivity contribution is 5.91. The van der Waals surface area contributed by atoms with Crippen LogP contribution in [0, 0.1) is 0 Å². The van der Waals surface area contributed by atoms with Gasteiger partial charge in [-0.1, -0.05) is 0 Å². The number of fused-ring (bicyclic) bond motifs is 1. The summed E-state index contributed by atoms with van der Waals surface area (Å²) in [6.45, 7) is 1.81. The number of anilines is 1. The molecule has 2 aromatic heterocycles. The van der Waals surface area contributed by atoms with E-state index >= 15 is 0 Å². The number of carbonyl (C=O) groups excluding carboxylic acids is 1. The molecular weight excluding hydrogens is 218 g/mol. The Labute approximate surface area is 99.4 Å². The summed E-state index contributed by atoms with van der Waals surface area (Å²) in [5.41, 5.74) is 0.756. The van der Waals surface area contributed by atoms with E-state index in [0.717, 1.165) is 11.0 Å². The molecule has 0 saturated carbocycles. The fraction of sp³-hybridized carbons (Fsp3) is 0.333. The second-order valence-electron chi connectivity index (χ2n) is 4.09. The third-order valence-corrected chi connectivity index (χ3v) is 2.54. The zero-order valence-electron chi connectivity index (χ0n) is 10.1. The smallest absolute Gasteiger partial charge is 0.244 e. The van der Waals surface area contributed by atoms with Crippen LogP contribution in [0.4, 0.5) is 5.82 Å². The highest BCUT2D eigenvalue weighted by atomic mass is 16.3. The minimum Gasteiger partial charge on any atom is -0.464 e. The van der Waals surface area contributed by atoms with Gasteiger partial charge in [-0.15, -0.1) is 0 Å². The van der Waals surface area contributed by atoms with Crippen LogP contribution in [0.5, 0.6) is 0 Å². The Morgan fingerprint density at radius 1 is 1.47 bits per heavy atom. The third kappa shape index (κ3) is 2.22. The predicted molar refractivity (Wildman–Crippen MR) is 65.8 cm³/mol. The van der Waals surface area contributed by atoms with Crippen LogP contribution < -0.4 is 5.32 Å². The maximum absolute atomic E-state index is 11.7. The van der Waals surface area contributed by atoms with Crippen LogP contribution in [0.25, 0.3) is 11.0 Å². The lowest BCUT2D eigenvalue weighted by Gasteiger charge is -2.18. The van der Waals surface area contributed by atoms with Gasteiger partial charge >= 0.3 is 0 Å². The number of carbonyl (C=O) groups is 1. The van der Waals surface area contributed by atoms with Crippen molar-refractivity contribution in [2.75, 3.05) is 19.4 Å². The van der Waals surface area contributed by atoms with E-state index < -0.39 is 0 Å². The van der Waals surface area contributed by atoms with Gasteiger partial charge in [-0.25, -0.2) is 4.98 Å². The Morgan fingerprint density at radius 3 is 2.94 bits per heavy atom. The predicted octanol–water partition coefficient (Wildman–Crippen LogP) is 1.72. The zero-order valence-corrected chi connectivity index (χ0v) is 10.1. The minimum atomic E-state index is -0.321. The van der Waals surface area contributed by atoms with Crippen LogP contribution in [0.15, 0.2) is 29.0 Å². The standard InChI is InChI=1S/C12H15N3O2/c1-8(12(16)15(2)3)14-11-9-5-7-17-10(9)4-6-13-11/h4-8H,1-3H3,(H,13,14). The average molecular weight is 233 g/mol. The van der Waals surface area contributed by atoms with Crippen molar-refractivity contribution in [2.24, 2.45) is 0 Å². The lowest BCUT2D eigenvalue weighted by molar-refractivity contribution is -0.129. The summed E-state index contributed by atoms with van der Waals surface area (Å²) >= 11 is 0. The largest absolute Gasteiger partial charge is 0.464 e. The van der Waals surface area contributed by atoms with Crippen molar-refractivity contribution in [3.05, 3.63) is 24.6 Å². The van der Waals surface area contributed by atoms with Crippen molar-refractivity contribution in [1.82, 2.24) is 9.88 Å². The zero-order chi connectivity index (χ0) is 12.4. The Morgan fingerprint density at radius 2 is 2.24 bits per heavy atom. The maximum atomic E-state index is 11.7. The van der Waals surface area contributed by atoms with E-state index in [-0.39, 0.29) is 11.9 Å². The van der Waals surface area contributed by atoms with Gasteiger partial charge < -0.3 is 14.6 Å². The molecule has 5 nitrogen and oxygen atoms in total. The van der Waals surface area contributed by atoms with Gasteiger partial charge in [0.05, 0.1) is 11.6 Å². The second-order valence-corrected chi connectivity index (χ2v) is 4.09. The van der Waals surface area contributed by atoms with Gasteiger partial charge in [0.25, 0.3) is 0 Å². The Kier molecular flexibility index (Phi) is 2.99. The van der Waals surface area contributed by atoms with Gasteiger partial charge in [0.2, 0.25) is 5.91 Å². The van der Waals surface area contributed by atoms with Crippen LogP contribution in [0.1, 0.15) is 6.92 Å². The molecule has 2 aromatic rings. The molecule has 1 N–H and O–H groups in total. The molecule has 5 heteroatoms. The molecule has 2 rings (SSSR count). The summed E-state index contributed by atoms with van der Waals surface area (Å²) in [6.07, 6.45) is 3.26. The van der Waals surface area contributed by atoms with Gasteiger partial charge in [0.15, 0.2) is 0 Å². The molecule has 1 unspecified atom stereocenters. The number of furan rings is 1. The molecule has 0 aliphatic rings. The molecule has 90 valence electrons. The molecule has 0 radical (unpaired) electrons. The van der Waals surface area contributed by atoms with Gasteiger partial charge in [0, 0.05) is 20.3 Å². The van der Waals surface area contributed by atoms with Crippen molar-refractivity contribution < 1.29 is 9.21 Å². The van der Waals surface area contributed by atoms with E-state index in [0.29, 0.717) is 5.82 Å². The number of likely N-dealkylation sites (N-methyl/N-ethyl adjacent to an activating group) is 1. The fourth-order valence-electron chi connectivity index (χ4n) is 1.66. The third-order valence-electron chi connectivity index (χ3n) is 2.54. The van der Waals surface area contributed by atoms with Gasteiger partial charge in [0.1, 0.15) is 17.4 Å². The second kappa shape index (κ2) is 4.45. The lowest BCUT2D eigenvalue weighted by atomic mass is 10.2. The number of rotatable bonds is 3. The Bertz CT molecular complexity index is 533. The first-order valence-corrected chi connectivity index (χ1v) is 5.39. The lowest BCUT2D eigenvalue weighted by Crippen LogP contribution is -2.36. The number of aromatic nitrogens is 1. The van der Waals surface area contributed by atoms with Crippen molar-refractivity contribution in [1.29, 1.82) is 0 Å². The Hall–Kier alpha value is -2.04. The monoisotopic (exact) mass is 233 g/mol. The summed E-state index contributed by atoms with van der Waals surface area (Å²) < 4.78 is 5.27. The first-order chi connectivity index (χ1) is 8.09. The van der Waals surface area contributed by atoms with Crippen LogP contribution in [-0.4, -0.2) is 35.9 Å². The molecule has 0 aromatic carbocycles. The average Bonchev–Trinajstić information content (AvgIpc) is 2.76. The molecule has 1 atom stereocenters. The topological polar surface area (TPSA) is 58.4 Å². The molecule has 0 fully saturated rings. The molecule has 1 amide bonds. The van der Waals surface area contributed by atoms with E-state index in [1.54, 1.807) is 37.5 Å². The van der Waals surface area contributed by atoms with E-state index in [2.05, 4.69) is 10.3 Å². The number of amides is 1. The molecule has 0 saturated heterocycles. The SMILES string of the molecule is CC(Nc1nccc2occc12)C(=O)N(C)C. The molecule has 2 heterocycles. The van der Waals surface area contributed by atoms with Gasteiger partial charge in [-0.3, -0.25) is 4.79 Å². The molecule has 0 aliphatic heterocycles. The highest BCUT2D eigenvalue weighted by Crippen LogP contribution is 2.22. The number of hydrogen-bond donors (Lipinski definition) is 1. The quantitative estimate of drug-likeness (QED) is 0.876. The normalized spacial score (nSPS) is 12.4. The number of nitrogens with zero attached hydrogens (tertiary/aromatic N) is 2. The van der Waals surface area contributed by atoms with Crippen molar-refractivity contribution in [3.8, 4) is 0 Å². The molecule has 17 heavy (non-hydrogen) atoms. The van der Waals surface area contributed by atoms with E-state index in [1.807, 2.05) is 13.0 Å². The van der Waals surface area contributed by atoms with E-state index in [1.165, 1.54) is 0 Å². The van der Waals surface area contributed by atoms with Gasteiger partial charge in [-0.2, -0.15) is 0 Å². The number of nitrogens with one attached hydrogen (secondary N) is 1. The summed E-state index contributed by atoms with van der Waals surface area (Å²) in [5.74, 6) is 0.672. The van der Waals surface area contributed by atoms with Crippen LogP contribution in [0.3, 0.4) is 0 Å². The number of hydrogen-bond acceptors (Lipinski definition) is 4. The summed E-state index contributed by atoms with van der Waals surface area (Å²) in [7, 11) is 3.46. The molecule has 0 bridgehead atoms. The molecular formula is C12H15N3O2. The van der Waals surface area contributed by atoms with Crippen molar-refractivity contribution in [3.63, 3.8) is 0 Å². The minimum absolute atomic E-state index is 0.00676. The summed E-state index contributed by atoms with van der Waals surface area (Å²) in [5, 5.41) is 3.97. The summed E-state index contributed by atoms with van der Waals surface area (Å²) in [4.78, 5) is 17.5.